The summed E-state index contributed by atoms with van der Waals surface area (Å²) < 4.78 is 35.1. The first kappa shape index (κ1) is 30.6. The van der Waals surface area contributed by atoms with E-state index in [1.165, 1.54) is 12.1 Å². The number of carbonyl (C=O) groups excluding carboxylic acids is 3. The maximum absolute atomic E-state index is 12.6. The number of alkyl halides is 5. The Bertz CT molecular complexity index is 1210. The van der Waals surface area contributed by atoms with Crippen LogP contribution in [-0.2, 0) is 9.59 Å². The van der Waals surface area contributed by atoms with Gasteiger partial charge >= 0.3 is 12.1 Å². The van der Waals surface area contributed by atoms with Crippen molar-refractivity contribution >= 4 is 81.8 Å². The van der Waals surface area contributed by atoms with E-state index in [1.807, 2.05) is 0 Å². The van der Waals surface area contributed by atoms with Crippen LogP contribution in [0.2, 0.25) is 15.1 Å². The Balaban J connectivity index is 1.58. The quantitative estimate of drug-likeness (QED) is 0.152. The predicted molar refractivity (Wildman–Crippen MR) is 143 cm³/mol. The Kier molecular flexibility index (Phi) is 9.74. The van der Waals surface area contributed by atoms with E-state index in [0.717, 1.165) is 0 Å². The van der Waals surface area contributed by atoms with E-state index in [0.29, 0.717) is 34.0 Å². The Hall–Kier alpha value is -1.91. The summed E-state index contributed by atoms with van der Waals surface area (Å²) in [5.74, 6) is -3.11. The molecule has 0 saturated heterocycles. The lowest BCUT2D eigenvalue weighted by atomic mass is 10.00. The van der Waals surface area contributed by atoms with Crippen molar-refractivity contribution in [2.45, 2.75) is 29.3 Å². The second-order valence-electron chi connectivity index (χ2n) is 8.68. The van der Waals surface area contributed by atoms with Gasteiger partial charge < -0.3 is 20.7 Å². The number of hydrogen-bond donors (Lipinski definition) is 3. The Morgan fingerprint density at radius 2 is 1.55 bits per heavy atom. The Morgan fingerprint density at radius 3 is 2.13 bits per heavy atom. The molecule has 0 aromatic heterocycles. The van der Waals surface area contributed by atoms with Gasteiger partial charge in [0.05, 0.1) is 16.0 Å². The number of amides is 2. The summed E-state index contributed by atoms with van der Waals surface area (Å²) in [4.78, 5) is 35.5. The third-order valence-electron chi connectivity index (χ3n) is 6.07. The zero-order valence-electron chi connectivity index (χ0n) is 19.4. The van der Waals surface area contributed by atoms with Crippen LogP contribution < -0.4 is 16.0 Å². The summed E-state index contributed by atoms with van der Waals surface area (Å²) in [6.07, 6.45) is -3.71. The summed E-state index contributed by atoms with van der Waals surface area (Å²) in [7, 11) is 0. The molecular weight excluding hydrogens is 613 g/mol. The van der Waals surface area contributed by atoms with Crippen molar-refractivity contribution < 1.29 is 27.6 Å². The minimum absolute atomic E-state index is 0.0324. The molecule has 6 nitrogen and oxygen atoms in total. The molecule has 0 radical (unpaired) electrons. The van der Waals surface area contributed by atoms with Gasteiger partial charge in [0.25, 0.3) is 5.91 Å². The van der Waals surface area contributed by atoms with Gasteiger partial charge in [0.15, 0.2) is 0 Å². The highest BCUT2D eigenvalue weighted by atomic mass is 35.5. The molecule has 3 rings (SSSR count). The van der Waals surface area contributed by atoms with Crippen LogP contribution in [0.3, 0.4) is 0 Å². The Morgan fingerprint density at radius 1 is 0.947 bits per heavy atom. The first-order valence-corrected chi connectivity index (χ1v) is 13.1. The maximum atomic E-state index is 12.6. The molecule has 2 amide bonds. The number of unbranched alkanes of at least 4 members (excludes halogenated alkanes) is 1. The van der Waals surface area contributed by atoms with Gasteiger partial charge in [-0.3, -0.25) is 9.59 Å². The highest BCUT2D eigenvalue weighted by Gasteiger charge is 2.76. The molecular formula is C24H21Cl5F3N3O3. The number of hydrogen-bond acceptors (Lipinski definition) is 4. The van der Waals surface area contributed by atoms with E-state index in [1.54, 1.807) is 29.6 Å². The van der Waals surface area contributed by atoms with Crippen molar-refractivity contribution in [1.82, 2.24) is 10.6 Å². The fraction of sp³-hybridized carbons (Fsp3) is 0.375. The van der Waals surface area contributed by atoms with E-state index >= 15 is 0 Å². The average molecular weight is 634 g/mol. The van der Waals surface area contributed by atoms with E-state index in [4.69, 9.17) is 58.0 Å². The minimum atomic E-state index is -4.94. The largest absolute Gasteiger partial charge is 0.471 e. The molecule has 1 fully saturated rings. The van der Waals surface area contributed by atoms with Crippen LogP contribution >= 0.6 is 58.0 Å². The van der Waals surface area contributed by atoms with Crippen molar-refractivity contribution in [3.63, 3.8) is 0 Å². The topological polar surface area (TPSA) is 87.3 Å². The molecule has 2 unspecified atom stereocenters. The fourth-order valence-electron chi connectivity index (χ4n) is 4.04. The van der Waals surface area contributed by atoms with E-state index in [9.17, 15) is 27.6 Å². The van der Waals surface area contributed by atoms with Crippen LogP contribution in [0.25, 0.3) is 0 Å². The van der Waals surface area contributed by atoms with E-state index in [2.05, 4.69) is 10.6 Å². The maximum Gasteiger partial charge on any atom is 0.471 e. The number of aldehydes is 1. The lowest BCUT2D eigenvalue weighted by Gasteiger charge is -2.15. The van der Waals surface area contributed by atoms with Gasteiger partial charge in [-0.15, -0.1) is 0 Å². The summed E-state index contributed by atoms with van der Waals surface area (Å²) in [6.45, 7) is -0.00361. The number of halogens is 8. The van der Waals surface area contributed by atoms with Crippen molar-refractivity contribution in [2.75, 3.05) is 25.0 Å². The predicted octanol–water partition coefficient (Wildman–Crippen LogP) is 6.40. The van der Waals surface area contributed by atoms with Gasteiger partial charge in [-0.2, -0.15) is 13.2 Å². The third-order valence-corrected chi connectivity index (χ3v) is 7.98. The highest BCUT2D eigenvalue weighted by Crippen LogP contribution is 2.73. The molecule has 0 spiro atoms. The van der Waals surface area contributed by atoms with Crippen LogP contribution in [0.5, 0.6) is 0 Å². The molecule has 0 heterocycles. The molecule has 3 N–H and O–H groups in total. The van der Waals surface area contributed by atoms with Crippen LogP contribution in [0, 0.1) is 5.41 Å². The summed E-state index contributed by atoms with van der Waals surface area (Å²) in [6, 6.07) is 9.41. The number of nitrogens with one attached hydrogen (secondary N) is 3. The summed E-state index contributed by atoms with van der Waals surface area (Å²) >= 11 is 31.4. The van der Waals surface area contributed by atoms with Gasteiger partial charge in [-0.25, -0.2) is 0 Å². The Labute approximate surface area is 241 Å². The number of carbonyl (C=O) groups is 3. The molecule has 0 aliphatic heterocycles. The molecule has 38 heavy (non-hydrogen) atoms. The molecule has 1 saturated carbocycles. The summed E-state index contributed by atoms with van der Waals surface area (Å²) in [5, 5.41) is 8.36. The molecule has 1 aliphatic carbocycles. The molecule has 2 atom stereocenters. The zero-order chi connectivity index (χ0) is 28.3. The third kappa shape index (κ3) is 6.80. The lowest BCUT2D eigenvalue weighted by molar-refractivity contribution is -0.173. The first-order valence-electron chi connectivity index (χ1n) is 11.2. The fourth-order valence-corrected chi connectivity index (χ4v) is 5.76. The zero-order valence-corrected chi connectivity index (χ0v) is 23.2. The first-order chi connectivity index (χ1) is 17.7. The molecule has 0 bridgehead atoms. The normalized spacial score (nSPS) is 19.9. The van der Waals surface area contributed by atoms with Crippen LogP contribution in [0.1, 0.15) is 34.7 Å². The number of anilines is 1. The van der Waals surface area contributed by atoms with Gasteiger partial charge in [-0.05, 0) is 54.8 Å². The van der Waals surface area contributed by atoms with Gasteiger partial charge in [0, 0.05) is 41.3 Å². The van der Waals surface area contributed by atoms with Crippen molar-refractivity contribution in [2.24, 2.45) is 5.41 Å². The van der Waals surface area contributed by atoms with E-state index < -0.39 is 33.7 Å². The molecule has 2 aromatic carbocycles. The minimum Gasteiger partial charge on any atom is -0.384 e. The lowest BCUT2D eigenvalue weighted by Crippen LogP contribution is -2.37. The standard InChI is InChI=1S/C24H21Cl5F3N3O3/c25-14-7-13(8-15(26)9-14)19-22(12-36,23(19,28)29)11-35-16-3-4-18(27)17(10-16)20(37)33-5-1-2-6-34-21(38)24(30,31)32/h3-4,7-10,12,19,35H,1-2,5-6,11H2,(H,33,37)(H,34,38). The van der Waals surface area contributed by atoms with Crippen LogP contribution in [0.15, 0.2) is 36.4 Å². The smallest absolute Gasteiger partial charge is 0.384 e. The molecule has 206 valence electrons. The number of benzene rings is 2. The second kappa shape index (κ2) is 12.1. The second-order valence-corrected chi connectivity index (χ2v) is 11.3. The van der Waals surface area contributed by atoms with E-state index in [-0.39, 0.29) is 36.6 Å². The monoisotopic (exact) mass is 631 g/mol. The van der Waals surface area contributed by atoms with Gasteiger partial charge in [-0.1, -0.05) is 58.0 Å². The van der Waals surface area contributed by atoms with Crippen molar-refractivity contribution in [1.29, 1.82) is 0 Å². The molecule has 1 aliphatic rings. The SMILES string of the molecule is O=CC1(CNc2ccc(Cl)c(C(=O)NCCCCNC(=O)C(F)(F)F)c2)C(c2cc(Cl)cc(Cl)c2)C1(Cl)Cl. The van der Waals surface area contributed by atoms with Crippen LogP contribution in [0.4, 0.5) is 18.9 Å². The summed E-state index contributed by atoms with van der Waals surface area (Å²) in [5.41, 5.74) is 0.0116. The molecule has 14 heteroatoms. The average Bonchev–Trinajstić information content (AvgIpc) is 3.33. The van der Waals surface area contributed by atoms with Gasteiger partial charge in [0.2, 0.25) is 0 Å². The molecule has 2 aromatic rings. The van der Waals surface area contributed by atoms with Crippen LogP contribution in [-0.4, -0.2) is 48.2 Å². The van der Waals surface area contributed by atoms with Crippen molar-refractivity contribution in [3.8, 4) is 0 Å². The number of rotatable bonds is 11. The highest BCUT2D eigenvalue weighted by molar-refractivity contribution is 6.54. The van der Waals surface area contributed by atoms with Crippen molar-refractivity contribution in [3.05, 3.63) is 62.6 Å². The van der Waals surface area contributed by atoms with Gasteiger partial charge in [0.1, 0.15) is 10.6 Å².